The highest BCUT2D eigenvalue weighted by atomic mass is 32.1. The van der Waals surface area contributed by atoms with Crippen LogP contribution in [0.4, 0.5) is 0 Å². The smallest absolute Gasteiger partial charge is 0.304 e. The molecule has 0 bridgehead atoms. The van der Waals surface area contributed by atoms with Crippen LogP contribution in [0.15, 0.2) is 17.5 Å². The van der Waals surface area contributed by atoms with Crippen LogP contribution < -0.4 is 5.32 Å². The van der Waals surface area contributed by atoms with Gasteiger partial charge in [0.15, 0.2) is 0 Å². The Morgan fingerprint density at radius 1 is 1.50 bits per heavy atom. The summed E-state index contributed by atoms with van der Waals surface area (Å²) in [6.07, 6.45) is 0.234. The number of carboxylic acids is 1. The lowest BCUT2D eigenvalue weighted by molar-refractivity contribution is -0.137. The average molecular weight is 241 g/mol. The van der Waals surface area contributed by atoms with Crippen LogP contribution in [0.1, 0.15) is 30.6 Å². The second-order valence-corrected chi connectivity index (χ2v) is 4.45. The van der Waals surface area contributed by atoms with Crippen LogP contribution in [0.25, 0.3) is 0 Å². The molecule has 0 fully saturated rings. The number of rotatable bonds is 6. The van der Waals surface area contributed by atoms with Gasteiger partial charge in [-0.15, -0.1) is 11.3 Å². The molecule has 4 nitrogen and oxygen atoms in total. The Balaban J connectivity index is 2.65. The van der Waals surface area contributed by atoms with E-state index in [-0.39, 0.29) is 24.7 Å². The van der Waals surface area contributed by atoms with Crippen LogP contribution >= 0.6 is 11.3 Å². The summed E-state index contributed by atoms with van der Waals surface area (Å²) in [5.74, 6) is -1.19. The minimum atomic E-state index is -0.873. The molecule has 1 rings (SSSR count). The molecule has 0 aliphatic rings. The van der Waals surface area contributed by atoms with Crippen LogP contribution in [-0.2, 0) is 9.59 Å². The first-order valence-corrected chi connectivity index (χ1v) is 6.03. The van der Waals surface area contributed by atoms with Crippen molar-refractivity contribution in [2.24, 2.45) is 0 Å². The van der Waals surface area contributed by atoms with E-state index in [1.165, 1.54) is 11.3 Å². The summed E-state index contributed by atoms with van der Waals surface area (Å²) >= 11 is 1.49. The fourth-order valence-corrected chi connectivity index (χ4v) is 2.33. The molecule has 0 spiro atoms. The maximum atomic E-state index is 11.4. The summed E-state index contributed by atoms with van der Waals surface area (Å²) in [6, 6.07) is 3.74. The third-order valence-corrected chi connectivity index (χ3v) is 3.21. The van der Waals surface area contributed by atoms with Gasteiger partial charge in [-0.25, -0.2) is 0 Å². The van der Waals surface area contributed by atoms with E-state index in [2.05, 4.69) is 5.32 Å². The molecule has 0 saturated heterocycles. The molecule has 1 amide bonds. The van der Waals surface area contributed by atoms with Gasteiger partial charge in [-0.2, -0.15) is 0 Å². The van der Waals surface area contributed by atoms with E-state index in [4.69, 9.17) is 5.11 Å². The molecule has 0 saturated carbocycles. The molecule has 0 aromatic carbocycles. The maximum Gasteiger partial charge on any atom is 0.304 e. The maximum absolute atomic E-state index is 11.4. The minimum Gasteiger partial charge on any atom is -0.481 e. The number of hydrogen-bond acceptors (Lipinski definition) is 3. The molecule has 1 aromatic heterocycles. The van der Waals surface area contributed by atoms with E-state index in [0.717, 1.165) is 4.88 Å². The second-order valence-electron chi connectivity index (χ2n) is 3.47. The van der Waals surface area contributed by atoms with Gasteiger partial charge in [-0.3, -0.25) is 9.59 Å². The number of carbonyl (C=O) groups is 2. The van der Waals surface area contributed by atoms with Crippen LogP contribution in [0.5, 0.6) is 0 Å². The summed E-state index contributed by atoms with van der Waals surface area (Å²) in [7, 11) is 0. The summed E-state index contributed by atoms with van der Waals surface area (Å²) in [4.78, 5) is 23.1. The molecule has 5 heteroatoms. The summed E-state index contributed by atoms with van der Waals surface area (Å²) < 4.78 is 0. The van der Waals surface area contributed by atoms with Crippen LogP contribution in [0.2, 0.25) is 0 Å². The monoisotopic (exact) mass is 241 g/mol. The van der Waals surface area contributed by atoms with Crippen molar-refractivity contribution in [3.63, 3.8) is 0 Å². The summed E-state index contributed by atoms with van der Waals surface area (Å²) in [6.45, 7) is 2.41. The molecule has 1 atom stereocenters. The van der Waals surface area contributed by atoms with Gasteiger partial charge in [0, 0.05) is 23.8 Å². The zero-order chi connectivity index (χ0) is 12.0. The molecule has 1 unspecified atom stereocenters. The van der Waals surface area contributed by atoms with E-state index < -0.39 is 5.97 Å². The third kappa shape index (κ3) is 4.02. The molecular weight excluding hydrogens is 226 g/mol. The molecule has 1 heterocycles. The van der Waals surface area contributed by atoms with E-state index >= 15 is 0 Å². The number of nitrogens with one attached hydrogen (secondary N) is 1. The molecule has 2 N–H and O–H groups in total. The number of carboxylic acid groups (broad SMARTS) is 1. The van der Waals surface area contributed by atoms with E-state index in [9.17, 15) is 9.59 Å². The topological polar surface area (TPSA) is 66.4 Å². The largest absolute Gasteiger partial charge is 0.481 e. The highest BCUT2D eigenvalue weighted by Gasteiger charge is 2.19. The van der Waals surface area contributed by atoms with Crippen molar-refractivity contribution in [2.75, 3.05) is 6.54 Å². The van der Waals surface area contributed by atoms with Crippen LogP contribution in [0, 0.1) is 0 Å². The zero-order valence-corrected chi connectivity index (χ0v) is 9.92. The average Bonchev–Trinajstić information content (AvgIpc) is 2.68. The van der Waals surface area contributed by atoms with Crippen molar-refractivity contribution >= 4 is 23.2 Å². The number of thiophene rings is 1. The Labute approximate surface area is 98.3 Å². The van der Waals surface area contributed by atoms with Gasteiger partial charge in [0.05, 0.1) is 6.42 Å². The first-order valence-electron chi connectivity index (χ1n) is 5.15. The number of amides is 1. The minimum absolute atomic E-state index is 0.00233. The Bertz CT molecular complexity index is 348. The highest BCUT2D eigenvalue weighted by molar-refractivity contribution is 7.10. The van der Waals surface area contributed by atoms with Crippen LogP contribution in [0.3, 0.4) is 0 Å². The molecular formula is C11H15NO3S. The van der Waals surface area contributed by atoms with Gasteiger partial charge >= 0.3 is 5.97 Å². The van der Waals surface area contributed by atoms with E-state index in [1.807, 2.05) is 24.4 Å². The van der Waals surface area contributed by atoms with Crippen molar-refractivity contribution in [1.82, 2.24) is 5.32 Å². The molecule has 0 aliphatic heterocycles. The van der Waals surface area contributed by atoms with Crippen LogP contribution in [-0.4, -0.2) is 23.5 Å². The van der Waals surface area contributed by atoms with Crippen molar-refractivity contribution in [3.05, 3.63) is 22.4 Å². The normalized spacial score (nSPS) is 12.1. The summed E-state index contributed by atoms with van der Waals surface area (Å²) in [5, 5.41) is 13.4. The Kier molecular flexibility index (Phi) is 4.98. The van der Waals surface area contributed by atoms with Crippen molar-refractivity contribution in [2.45, 2.75) is 25.7 Å². The van der Waals surface area contributed by atoms with Gasteiger partial charge in [0.25, 0.3) is 0 Å². The lowest BCUT2D eigenvalue weighted by atomic mass is 9.99. The quantitative estimate of drug-likeness (QED) is 0.798. The molecule has 88 valence electrons. The number of carbonyl (C=O) groups excluding carboxylic acids is 1. The fraction of sp³-hybridized carbons (Fsp3) is 0.455. The standard InChI is InChI=1S/C11H15NO3S/c1-2-12-10(13)6-8(7-11(14)15)9-4-3-5-16-9/h3-5,8H,2,6-7H2,1H3,(H,12,13)(H,14,15). The number of aliphatic carboxylic acids is 1. The summed E-state index contributed by atoms with van der Waals surface area (Å²) in [5.41, 5.74) is 0. The Morgan fingerprint density at radius 3 is 2.75 bits per heavy atom. The molecule has 16 heavy (non-hydrogen) atoms. The lowest BCUT2D eigenvalue weighted by Crippen LogP contribution is -2.25. The Hall–Kier alpha value is -1.36. The van der Waals surface area contributed by atoms with Crippen molar-refractivity contribution in [3.8, 4) is 0 Å². The zero-order valence-electron chi connectivity index (χ0n) is 9.10. The predicted molar refractivity (Wildman–Crippen MR) is 62.6 cm³/mol. The number of hydrogen-bond donors (Lipinski definition) is 2. The highest BCUT2D eigenvalue weighted by Crippen LogP contribution is 2.27. The van der Waals surface area contributed by atoms with Gasteiger partial charge < -0.3 is 10.4 Å². The van der Waals surface area contributed by atoms with Gasteiger partial charge in [-0.1, -0.05) is 6.07 Å². The third-order valence-electron chi connectivity index (χ3n) is 2.17. The molecule has 0 aliphatic carbocycles. The predicted octanol–water partition coefficient (Wildman–Crippen LogP) is 1.83. The van der Waals surface area contributed by atoms with Gasteiger partial charge in [-0.05, 0) is 18.4 Å². The van der Waals surface area contributed by atoms with E-state index in [1.54, 1.807) is 0 Å². The first-order chi connectivity index (χ1) is 7.63. The van der Waals surface area contributed by atoms with E-state index in [0.29, 0.717) is 6.54 Å². The van der Waals surface area contributed by atoms with Crippen molar-refractivity contribution < 1.29 is 14.7 Å². The Morgan fingerprint density at radius 2 is 2.25 bits per heavy atom. The van der Waals surface area contributed by atoms with Crippen molar-refractivity contribution in [1.29, 1.82) is 0 Å². The molecule has 0 radical (unpaired) electrons. The first kappa shape index (κ1) is 12.7. The fourth-order valence-electron chi connectivity index (χ4n) is 1.50. The second kappa shape index (κ2) is 6.27. The van der Waals surface area contributed by atoms with Gasteiger partial charge in [0.2, 0.25) is 5.91 Å². The molecule has 1 aromatic rings. The van der Waals surface area contributed by atoms with Gasteiger partial charge in [0.1, 0.15) is 0 Å². The lowest BCUT2D eigenvalue weighted by Gasteiger charge is -2.12. The SMILES string of the molecule is CCNC(=O)CC(CC(=O)O)c1cccs1.